The largest absolute Gasteiger partial charge is 0.480 e. The van der Waals surface area contributed by atoms with Crippen molar-refractivity contribution < 1.29 is 24.6 Å². The Morgan fingerprint density at radius 2 is 2.28 bits per heavy atom. The zero-order valence-electron chi connectivity index (χ0n) is 9.88. The number of carboxylic acids is 1. The topological polar surface area (TPSA) is 104 Å². The first-order chi connectivity index (χ1) is 8.40. The predicted octanol–water partition coefficient (Wildman–Crippen LogP) is -0.431. The van der Waals surface area contributed by atoms with E-state index in [0.29, 0.717) is 11.3 Å². The quantitative estimate of drug-likeness (QED) is 0.606. The van der Waals surface area contributed by atoms with Crippen LogP contribution in [0.3, 0.4) is 0 Å². The highest BCUT2D eigenvalue weighted by Gasteiger charge is 2.23. The number of Topliss-reactive ketones (excluding diaryl/α,β-unsaturated/α-hetero) is 1. The van der Waals surface area contributed by atoms with Crippen LogP contribution in [0.5, 0.6) is 0 Å². The van der Waals surface area contributed by atoms with Crippen LogP contribution in [0.4, 0.5) is 0 Å². The minimum atomic E-state index is -1.11. The molecule has 1 aliphatic rings. The first kappa shape index (κ1) is 14.7. The van der Waals surface area contributed by atoms with Crippen LogP contribution < -0.4 is 5.32 Å². The van der Waals surface area contributed by atoms with Gasteiger partial charge in [-0.25, -0.2) is 4.79 Å². The summed E-state index contributed by atoms with van der Waals surface area (Å²) in [6.07, 6.45) is 0.867. The van der Waals surface area contributed by atoms with Crippen LogP contribution in [0.25, 0.3) is 0 Å². The van der Waals surface area contributed by atoms with Gasteiger partial charge in [-0.1, -0.05) is 0 Å². The van der Waals surface area contributed by atoms with E-state index in [9.17, 15) is 19.5 Å². The summed E-state index contributed by atoms with van der Waals surface area (Å²) >= 11 is 1.24. The van der Waals surface area contributed by atoms with Gasteiger partial charge in [0.2, 0.25) is 5.91 Å². The highest BCUT2D eigenvalue weighted by molar-refractivity contribution is 7.99. The van der Waals surface area contributed by atoms with Gasteiger partial charge in [0.1, 0.15) is 6.04 Å². The number of ketones is 1. The predicted molar refractivity (Wildman–Crippen MR) is 66.3 cm³/mol. The minimum absolute atomic E-state index is 0.101. The number of hydrogen-bond acceptors (Lipinski definition) is 5. The number of rotatable bonds is 6. The summed E-state index contributed by atoms with van der Waals surface area (Å²) in [5.74, 6) is -1.10. The average Bonchev–Trinajstić information content (AvgIpc) is 2.55. The second-order valence-corrected chi connectivity index (χ2v) is 5.02. The van der Waals surface area contributed by atoms with Crippen molar-refractivity contribution in [1.82, 2.24) is 5.32 Å². The van der Waals surface area contributed by atoms with Gasteiger partial charge in [0.05, 0.1) is 6.10 Å². The summed E-state index contributed by atoms with van der Waals surface area (Å²) < 4.78 is 0. The lowest BCUT2D eigenvalue weighted by molar-refractivity contribution is -0.140. The molecule has 0 saturated carbocycles. The van der Waals surface area contributed by atoms with Gasteiger partial charge in [-0.2, -0.15) is 11.8 Å². The maximum absolute atomic E-state index is 11.3. The number of carboxylic acid groups (broad SMARTS) is 1. The first-order valence-electron chi connectivity index (χ1n) is 5.39. The van der Waals surface area contributed by atoms with Crippen molar-refractivity contribution in [2.75, 3.05) is 11.5 Å². The van der Waals surface area contributed by atoms with E-state index < -0.39 is 24.0 Å². The van der Waals surface area contributed by atoms with E-state index in [4.69, 9.17) is 5.11 Å². The average molecular weight is 273 g/mol. The van der Waals surface area contributed by atoms with Crippen molar-refractivity contribution in [2.45, 2.75) is 25.5 Å². The second-order valence-electron chi connectivity index (χ2n) is 3.99. The molecule has 0 heterocycles. The Morgan fingerprint density at radius 1 is 1.61 bits per heavy atom. The number of carbonyl (C=O) groups is 3. The summed E-state index contributed by atoms with van der Waals surface area (Å²) in [5.41, 5.74) is 0.513. The molecule has 0 unspecified atom stereocenters. The van der Waals surface area contributed by atoms with Crippen molar-refractivity contribution in [3.8, 4) is 0 Å². The maximum atomic E-state index is 11.3. The van der Waals surface area contributed by atoms with Gasteiger partial charge >= 0.3 is 5.97 Å². The maximum Gasteiger partial charge on any atom is 0.327 e. The Morgan fingerprint density at radius 3 is 2.72 bits per heavy atom. The number of aliphatic hydroxyl groups excluding tert-OH is 1. The number of aliphatic carboxylic acids is 1. The summed E-state index contributed by atoms with van der Waals surface area (Å²) in [6.45, 7) is 1.25. The van der Waals surface area contributed by atoms with E-state index in [1.165, 1.54) is 24.8 Å². The molecule has 0 bridgehead atoms. The third-order valence-electron chi connectivity index (χ3n) is 2.36. The van der Waals surface area contributed by atoms with Crippen molar-refractivity contribution in [3.05, 3.63) is 11.6 Å². The Balaban J connectivity index is 2.39. The van der Waals surface area contributed by atoms with Crippen molar-refractivity contribution >= 4 is 29.4 Å². The lowest BCUT2D eigenvalue weighted by Gasteiger charge is -2.12. The Kier molecular flexibility index (Phi) is 5.36. The molecule has 0 radical (unpaired) electrons. The second kappa shape index (κ2) is 6.55. The normalized spacial score (nSPS) is 20.4. The number of aliphatic hydroxyl groups is 1. The molecule has 3 N–H and O–H groups in total. The van der Waals surface area contributed by atoms with Crippen molar-refractivity contribution in [1.29, 1.82) is 0 Å². The molecule has 100 valence electrons. The van der Waals surface area contributed by atoms with E-state index in [1.807, 2.05) is 0 Å². The third kappa shape index (κ3) is 4.50. The Hall–Kier alpha value is -1.34. The zero-order chi connectivity index (χ0) is 13.7. The van der Waals surface area contributed by atoms with Crippen LogP contribution in [-0.2, 0) is 14.4 Å². The third-order valence-corrected chi connectivity index (χ3v) is 3.45. The van der Waals surface area contributed by atoms with E-state index in [1.54, 1.807) is 0 Å². The van der Waals surface area contributed by atoms with Crippen LogP contribution in [0, 0.1) is 0 Å². The number of carbonyl (C=O) groups excluding carboxylic acids is 2. The van der Waals surface area contributed by atoms with Crippen LogP contribution >= 0.6 is 11.8 Å². The molecule has 6 nitrogen and oxygen atoms in total. The molecule has 1 aliphatic carbocycles. The Labute approximate surface area is 108 Å². The molecule has 1 rings (SSSR count). The highest BCUT2D eigenvalue weighted by atomic mass is 32.2. The van der Waals surface area contributed by atoms with Gasteiger partial charge in [0.15, 0.2) is 5.78 Å². The molecule has 0 saturated heterocycles. The van der Waals surface area contributed by atoms with E-state index in [2.05, 4.69) is 5.32 Å². The minimum Gasteiger partial charge on any atom is -0.480 e. The fourth-order valence-electron chi connectivity index (χ4n) is 1.54. The molecule has 2 atom stereocenters. The number of nitrogens with one attached hydrogen (secondary N) is 1. The van der Waals surface area contributed by atoms with Gasteiger partial charge in [-0.3, -0.25) is 9.59 Å². The molecule has 0 aliphatic heterocycles. The SMILES string of the molecule is CC(=O)N[C@@H](CSCC1=C[C@H](O)CC1=O)C(=O)O. The van der Waals surface area contributed by atoms with Crippen LogP contribution in [-0.4, -0.2) is 51.5 Å². The summed E-state index contributed by atoms with van der Waals surface area (Å²) in [6, 6.07) is -0.963. The van der Waals surface area contributed by atoms with E-state index >= 15 is 0 Å². The van der Waals surface area contributed by atoms with E-state index in [0.717, 1.165) is 0 Å². The number of amides is 1. The van der Waals surface area contributed by atoms with Crippen molar-refractivity contribution in [2.24, 2.45) is 0 Å². The fourth-order valence-corrected chi connectivity index (χ4v) is 2.60. The molecule has 0 fully saturated rings. The molecule has 0 aromatic rings. The van der Waals surface area contributed by atoms with Gasteiger partial charge in [-0.05, 0) is 6.08 Å². The first-order valence-corrected chi connectivity index (χ1v) is 6.55. The lowest BCUT2D eigenvalue weighted by atomic mass is 10.2. The summed E-state index contributed by atoms with van der Waals surface area (Å²) in [7, 11) is 0. The number of thioether (sulfide) groups is 1. The smallest absolute Gasteiger partial charge is 0.327 e. The molecule has 0 spiro atoms. The van der Waals surface area contributed by atoms with Gasteiger partial charge in [0.25, 0.3) is 0 Å². The highest BCUT2D eigenvalue weighted by Crippen LogP contribution is 2.19. The Bertz CT molecular complexity index is 393. The van der Waals surface area contributed by atoms with Crippen LogP contribution in [0.2, 0.25) is 0 Å². The summed E-state index contributed by atoms with van der Waals surface area (Å²) in [5, 5.41) is 20.4. The van der Waals surface area contributed by atoms with Crippen LogP contribution in [0.15, 0.2) is 11.6 Å². The monoisotopic (exact) mass is 273 g/mol. The fraction of sp³-hybridized carbons (Fsp3) is 0.545. The molecule has 7 heteroatoms. The molecule has 18 heavy (non-hydrogen) atoms. The van der Waals surface area contributed by atoms with Crippen molar-refractivity contribution in [3.63, 3.8) is 0 Å². The molecular weight excluding hydrogens is 258 g/mol. The van der Waals surface area contributed by atoms with Gasteiger partial charge in [-0.15, -0.1) is 0 Å². The number of hydrogen-bond donors (Lipinski definition) is 3. The van der Waals surface area contributed by atoms with Crippen LogP contribution in [0.1, 0.15) is 13.3 Å². The molecular formula is C11H15NO5S. The standard InChI is InChI=1S/C11H15NO5S/c1-6(13)12-9(11(16)17)5-18-4-7-2-8(14)3-10(7)15/h2,8-9,14H,3-5H2,1H3,(H,12,13)(H,16,17)/t8-,9-/m0/s1. The van der Waals surface area contributed by atoms with E-state index in [-0.39, 0.29) is 18.0 Å². The molecule has 1 amide bonds. The molecule has 0 aromatic carbocycles. The molecule has 0 aromatic heterocycles. The van der Waals surface area contributed by atoms with Gasteiger partial charge < -0.3 is 15.5 Å². The lowest BCUT2D eigenvalue weighted by Crippen LogP contribution is -2.41. The zero-order valence-corrected chi connectivity index (χ0v) is 10.7. The summed E-state index contributed by atoms with van der Waals surface area (Å²) in [4.78, 5) is 33.0. The van der Waals surface area contributed by atoms with Gasteiger partial charge in [0, 0.05) is 30.4 Å².